The van der Waals surface area contributed by atoms with Gasteiger partial charge in [0.25, 0.3) is 0 Å². The number of amidine groups is 1. The minimum absolute atomic E-state index is 0.0779. The summed E-state index contributed by atoms with van der Waals surface area (Å²) in [4.78, 5) is 4.50. The van der Waals surface area contributed by atoms with Gasteiger partial charge in [0.2, 0.25) is 0 Å². The molecule has 0 aliphatic carbocycles. The van der Waals surface area contributed by atoms with E-state index in [9.17, 15) is 13.2 Å². The van der Waals surface area contributed by atoms with Gasteiger partial charge < -0.3 is 10.5 Å². The maximum Gasteiger partial charge on any atom is 0.414 e. The van der Waals surface area contributed by atoms with E-state index in [4.69, 9.17) is 27.5 Å². The van der Waals surface area contributed by atoms with Crippen LogP contribution < -0.4 is 5.73 Å². The summed E-state index contributed by atoms with van der Waals surface area (Å²) in [6.45, 7) is 0.691. The van der Waals surface area contributed by atoms with Gasteiger partial charge in [-0.2, -0.15) is 13.2 Å². The Hall–Kier alpha value is -2.38. The van der Waals surface area contributed by atoms with Crippen LogP contribution >= 0.6 is 11.6 Å². The molecule has 0 amide bonds. The summed E-state index contributed by atoms with van der Waals surface area (Å²) in [5.74, 6) is -0.0897. The zero-order valence-electron chi connectivity index (χ0n) is 14.6. The topological polar surface area (TPSA) is 71.5 Å². The third-order valence-corrected chi connectivity index (χ3v) is 3.85. The lowest BCUT2D eigenvalue weighted by molar-refractivity contribution is -0.217. The lowest BCUT2D eigenvalue weighted by Crippen LogP contribution is -2.28. The van der Waals surface area contributed by atoms with E-state index in [1.807, 2.05) is 18.2 Å². The summed E-state index contributed by atoms with van der Waals surface area (Å²) in [5, 5.41) is 7.90. The normalized spacial score (nSPS) is 13.4. The van der Waals surface area contributed by atoms with Gasteiger partial charge in [0.1, 0.15) is 0 Å². The number of hydrogen-bond acceptors (Lipinski definition) is 3. The largest absolute Gasteiger partial charge is 0.414 e. The molecule has 1 atom stereocenters. The number of hydrogen-bond donors (Lipinski definition) is 2. The monoisotopic (exact) mass is 397 g/mol. The summed E-state index contributed by atoms with van der Waals surface area (Å²) >= 11 is 6.12. The van der Waals surface area contributed by atoms with Crippen molar-refractivity contribution in [1.29, 1.82) is 5.41 Å². The number of ether oxygens (including phenoxy) is 1. The Balaban J connectivity index is 2.32. The van der Waals surface area contributed by atoms with Crippen LogP contribution in [0.3, 0.4) is 0 Å². The molecule has 0 bridgehead atoms. The van der Waals surface area contributed by atoms with Crippen molar-refractivity contribution in [1.82, 2.24) is 0 Å². The maximum atomic E-state index is 12.6. The molecule has 0 fully saturated rings. The van der Waals surface area contributed by atoms with Crippen molar-refractivity contribution in [3.8, 4) is 0 Å². The first-order chi connectivity index (χ1) is 12.6. The highest BCUT2D eigenvalue weighted by atomic mass is 35.5. The summed E-state index contributed by atoms with van der Waals surface area (Å²) < 4.78 is 42.7. The highest BCUT2D eigenvalue weighted by Gasteiger charge is 2.36. The first-order valence-corrected chi connectivity index (χ1v) is 8.46. The number of halogens is 4. The first-order valence-electron chi connectivity index (χ1n) is 8.09. The predicted octanol–water partition coefficient (Wildman–Crippen LogP) is 5.25. The van der Waals surface area contributed by atoms with Gasteiger partial charge in [0.05, 0.1) is 23.8 Å². The molecule has 0 heterocycles. The van der Waals surface area contributed by atoms with Crippen molar-refractivity contribution in [2.24, 2.45) is 10.7 Å². The minimum atomic E-state index is -4.43. The molecule has 27 heavy (non-hydrogen) atoms. The number of alkyl halides is 3. The van der Waals surface area contributed by atoms with E-state index in [1.54, 1.807) is 24.3 Å². The predicted molar refractivity (Wildman–Crippen MR) is 101 cm³/mol. The molecule has 8 heteroatoms. The van der Waals surface area contributed by atoms with E-state index < -0.39 is 12.3 Å². The van der Waals surface area contributed by atoms with Crippen molar-refractivity contribution >= 4 is 28.8 Å². The van der Waals surface area contributed by atoms with Gasteiger partial charge >= 0.3 is 6.18 Å². The van der Waals surface area contributed by atoms with Crippen molar-refractivity contribution in [2.45, 2.75) is 32.2 Å². The Morgan fingerprint density at radius 2 is 1.89 bits per heavy atom. The number of benzene rings is 2. The second-order valence-corrected chi connectivity index (χ2v) is 6.38. The molecule has 0 aromatic heterocycles. The Kier molecular flexibility index (Phi) is 6.98. The highest BCUT2D eigenvalue weighted by Crippen LogP contribution is 2.25. The van der Waals surface area contributed by atoms with Gasteiger partial charge in [0.15, 0.2) is 6.10 Å². The molecule has 0 saturated heterocycles. The lowest BCUT2D eigenvalue weighted by Gasteiger charge is -2.17. The van der Waals surface area contributed by atoms with E-state index in [1.165, 1.54) is 6.07 Å². The zero-order chi connectivity index (χ0) is 20.0. The van der Waals surface area contributed by atoms with Gasteiger partial charge in [-0.25, -0.2) is 0 Å². The Morgan fingerprint density at radius 1 is 1.22 bits per heavy atom. The van der Waals surface area contributed by atoms with E-state index >= 15 is 0 Å². The van der Waals surface area contributed by atoms with Gasteiger partial charge in [-0.05, 0) is 48.4 Å². The van der Waals surface area contributed by atoms with Crippen LogP contribution in [-0.2, 0) is 11.3 Å². The molecule has 0 aliphatic heterocycles. The summed E-state index contributed by atoms with van der Waals surface area (Å²) in [6.07, 6.45) is -6.25. The van der Waals surface area contributed by atoms with Crippen molar-refractivity contribution in [3.63, 3.8) is 0 Å². The number of nitrogens with one attached hydrogen (secondary N) is 1. The fraction of sp³-hybridized carbons (Fsp3) is 0.263. The van der Waals surface area contributed by atoms with Crippen LogP contribution in [0.1, 0.15) is 24.5 Å². The maximum absolute atomic E-state index is 12.6. The quantitative estimate of drug-likeness (QED) is 0.494. The molecule has 0 spiro atoms. The number of aliphatic imine (C=N–C) groups is 1. The smallest absolute Gasteiger partial charge is 0.387 e. The second kappa shape index (κ2) is 9.01. The number of rotatable bonds is 7. The van der Waals surface area contributed by atoms with E-state index in [0.717, 1.165) is 6.92 Å². The van der Waals surface area contributed by atoms with E-state index in [2.05, 4.69) is 4.99 Å². The summed E-state index contributed by atoms with van der Waals surface area (Å²) in [7, 11) is 0. The molecule has 0 saturated carbocycles. The molecular formula is C19H19ClF3N3O. The molecule has 2 aromatic rings. The SMILES string of the molecule is C[C@@H](OCc1cc(Cl)cc(C(CC(=N)N)=Nc2ccccc2)c1)C(F)(F)F. The van der Waals surface area contributed by atoms with Crippen LogP contribution in [0.2, 0.25) is 5.02 Å². The Bertz CT molecular complexity index is 823. The average Bonchev–Trinajstić information content (AvgIpc) is 2.58. The van der Waals surface area contributed by atoms with E-state index in [0.29, 0.717) is 27.5 Å². The fourth-order valence-electron chi connectivity index (χ4n) is 2.26. The summed E-state index contributed by atoms with van der Waals surface area (Å²) in [5.41, 5.74) is 7.72. The van der Waals surface area contributed by atoms with Crippen LogP contribution in [0.15, 0.2) is 53.5 Å². The molecule has 2 aromatic carbocycles. The van der Waals surface area contributed by atoms with Crippen LogP contribution in [0.25, 0.3) is 0 Å². The number of para-hydroxylation sites is 1. The molecule has 3 N–H and O–H groups in total. The molecule has 0 unspecified atom stereocenters. The summed E-state index contributed by atoms with van der Waals surface area (Å²) in [6, 6.07) is 13.9. The molecule has 4 nitrogen and oxygen atoms in total. The zero-order valence-corrected chi connectivity index (χ0v) is 15.3. The molecule has 144 valence electrons. The van der Waals surface area contributed by atoms with Gasteiger partial charge in [0, 0.05) is 11.4 Å². The van der Waals surface area contributed by atoms with Gasteiger partial charge in [-0.1, -0.05) is 29.8 Å². The van der Waals surface area contributed by atoms with Crippen LogP contribution in [-0.4, -0.2) is 23.8 Å². The highest BCUT2D eigenvalue weighted by molar-refractivity contribution is 6.31. The lowest BCUT2D eigenvalue weighted by atomic mass is 10.0. The number of nitrogens with two attached hydrogens (primary N) is 1. The van der Waals surface area contributed by atoms with Crippen molar-refractivity contribution < 1.29 is 17.9 Å². The fourth-order valence-corrected chi connectivity index (χ4v) is 2.52. The second-order valence-electron chi connectivity index (χ2n) is 5.94. The molecule has 2 rings (SSSR count). The van der Waals surface area contributed by atoms with E-state index in [-0.39, 0.29) is 18.9 Å². The van der Waals surface area contributed by atoms with Gasteiger partial charge in [-0.3, -0.25) is 10.4 Å². The van der Waals surface area contributed by atoms with Crippen molar-refractivity contribution in [3.05, 3.63) is 64.7 Å². The molecular weight excluding hydrogens is 379 g/mol. The Labute approximate surface area is 160 Å². The third-order valence-electron chi connectivity index (χ3n) is 3.63. The van der Waals surface area contributed by atoms with Crippen LogP contribution in [0.4, 0.5) is 18.9 Å². The number of nitrogens with zero attached hydrogens (tertiary/aromatic N) is 1. The average molecular weight is 398 g/mol. The Morgan fingerprint density at radius 3 is 2.48 bits per heavy atom. The minimum Gasteiger partial charge on any atom is -0.387 e. The van der Waals surface area contributed by atoms with Gasteiger partial charge in [-0.15, -0.1) is 0 Å². The molecule has 0 aliphatic rings. The van der Waals surface area contributed by atoms with Crippen LogP contribution in [0, 0.1) is 5.41 Å². The van der Waals surface area contributed by atoms with Crippen LogP contribution in [0.5, 0.6) is 0 Å². The van der Waals surface area contributed by atoms with Crippen molar-refractivity contribution in [2.75, 3.05) is 0 Å². The third kappa shape index (κ3) is 6.69. The molecule has 0 radical (unpaired) electrons. The first kappa shape index (κ1) is 20.9. The standard InChI is InChI=1S/C19H19ClF3N3O/c1-12(19(21,22)23)27-11-13-7-14(9-15(20)8-13)17(10-18(24)25)26-16-5-3-2-4-6-16/h2-9,12H,10-11H2,1H3,(H3,24,25)/t12-/m1/s1.